The molecule has 2 heterocycles. The largest absolute Gasteiger partial charge is 0.466 e. The highest BCUT2D eigenvalue weighted by atomic mass is 19.4. The molecule has 1 atom stereocenters. The number of ether oxygens (including phenoxy) is 1. The van der Waals surface area contributed by atoms with Crippen LogP contribution in [0.4, 0.5) is 23.4 Å². The molecule has 0 saturated carbocycles. The lowest BCUT2D eigenvalue weighted by atomic mass is 10.1. The third kappa shape index (κ3) is 6.68. The fourth-order valence-corrected chi connectivity index (χ4v) is 2.21. The number of pyridine rings is 2. The van der Waals surface area contributed by atoms with E-state index >= 15 is 0 Å². The predicted octanol–water partition coefficient (Wildman–Crippen LogP) is 3.64. The number of carbonyl (C=O) groups is 2. The maximum absolute atomic E-state index is 14.0. The Bertz CT molecular complexity index is 919. The van der Waals surface area contributed by atoms with Crippen LogP contribution in [0, 0.1) is 11.7 Å². The summed E-state index contributed by atoms with van der Waals surface area (Å²) in [5.41, 5.74) is 0.428. The van der Waals surface area contributed by atoms with Crippen LogP contribution in [0.2, 0.25) is 0 Å². The smallest absolute Gasteiger partial charge is 0.422 e. The summed E-state index contributed by atoms with van der Waals surface area (Å²) in [7, 11) is 0. The van der Waals surface area contributed by atoms with Crippen LogP contribution in [-0.2, 0) is 4.79 Å². The molecule has 0 bridgehead atoms. The Hall–Kier alpha value is -3.24. The van der Waals surface area contributed by atoms with Crippen LogP contribution in [0.25, 0.3) is 0 Å². The third-order valence-electron chi connectivity index (χ3n) is 3.85. The quantitative estimate of drug-likeness (QED) is 0.657. The molecule has 11 heteroatoms. The molecular weight excluding hydrogens is 408 g/mol. The number of carbonyl (C=O) groups excluding carboxylic acids is 2. The summed E-state index contributed by atoms with van der Waals surface area (Å²) in [6, 6.07) is 3.04. The van der Waals surface area contributed by atoms with E-state index in [0.29, 0.717) is 0 Å². The Morgan fingerprint density at radius 3 is 2.47 bits per heavy atom. The van der Waals surface area contributed by atoms with Gasteiger partial charge < -0.3 is 15.4 Å². The first-order chi connectivity index (χ1) is 14.0. The van der Waals surface area contributed by atoms with Crippen molar-refractivity contribution in [2.24, 2.45) is 5.92 Å². The number of alkyl halides is 3. The van der Waals surface area contributed by atoms with Gasteiger partial charge in [-0.15, -0.1) is 0 Å². The summed E-state index contributed by atoms with van der Waals surface area (Å²) >= 11 is 0. The van der Waals surface area contributed by atoms with Crippen molar-refractivity contribution in [2.45, 2.75) is 33.0 Å². The molecule has 0 aromatic carbocycles. The van der Waals surface area contributed by atoms with E-state index in [1.165, 1.54) is 18.3 Å². The molecule has 7 nitrogen and oxygen atoms in total. The second kappa shape index (κ2) is 9.51. The van der Waals surface area contributed by atoms with Gasteiger partial charge in [0.1, 0.15) is 5.82 Å². The molecule has 1 unspecified atom stereocenters. The van der Waals surface area contributed by atoms with Gasteiger partial charge in [0.05, 0.1) is 6.04 Å². The summed E-state index contributed by atoms with van der Waals surface area (Å²) in [6.45, 7) is 3.30. The topological polar surface area (TPSA) is 93.2 Å². The van der Waals surface area contributed by atoms with Crippen LogP contribution in [0.3, 0.4) is 0 Å². The van der Waals surface area contributed by atoms with Crippen LogP contribution >= 0.6 is 0 Å². The zero-order valence-corrected chi connectivity index (χ0v) is 16.4. The normalized spacial score (nSPS) is 12.4. The van der Waals surface area contributed by atoms with Crippen molar-refractivity contribution in [3.8, 4) is 5.88 Å². The fraction of sp³-hybridized carbons (Fsp3) is 0.368. The SMILES string of the molecule is CC(C)C(=O)Nc1cc(C(=O)NC(C)c2cnc(OCC(F)(F)F)c(F)c2)ccn1. The maximum Gasteiger partial charge on any atom is 0.422 e. The van der Waals surface area contributed by atoms with E-state index in [1.54, 1.807) is 20.8 Å². The number of nitrogens with zero attached hydrogens (tertiary/aromatic N) is 2. The second-order valence-corrected chi connectivity index (χ2v) is 6.73. The summed E-state index contributed by atoms with van der Waals surface area (Å²) in [5.74, 6) is -2.72. The minimum absolute atomic E-state index is 0.202. The summed E-state index contributed by atoms with van der Waals surface area (Å²) in [4.78, 5) is 31.7. The van der Waals surface area contributed by atoms with Crippen LogP contribution in [0.1, 0.15) is 42.7 Å². The number of amides is 2. The second-order valence-electron chi connectivity index (χ2n) is 6.73. The average molecular weight is 428 g/mol. The number of hydrogen-bond acceptors (Lipinski definition) is 5. The molecule has 0 spiro atoms. The van der Waals surface area contributed by atoms with E-state index in [4.69, 9.17) is 0 Å². The summed E-state index contributed by atoms with van der Waals surface area (Å²) < 4.78 is 54.8. The van der Waals surface area contributed by atoms with Crippen molar-refractivity contribution in [3.63, 3.8) is 0 Å². The van der Waals surface area contributed by atoms with Gasteiger partial charge in [-0.1, -0.05) is 13.8 Å². The Labute approximate surface area is 169 Å². The van der Waals surface area contributed by atoms with Crippen LogP contribution < -0.4 is 15.4 Å². The van der Waals surface area contributed by atoms with Gasteiger partial charge in [-0.3, -0.25) is 9.59 Å². The zero-order chi connectivity index (χ0) is 22.5. The highest BCUT2D eigenvalue weighted by Gasteiger charge is 2.29. The molecule has 2 N–H and O–H groups in total. The number of anilines is 1. The van der Waals surface area contributed by atoms with Gasteiger partial charge in [-0.05, 0) is 30.7 Å². The van der Waals surface area contributed by atoms with E-state index in [0.717, 1.165) is 12.3 Å². The fourth-order valence-electron chi connectivity index (χ4n) is 2.21. The molecular formula is C19H20F4N4O3. The molecule has 2 rings (SSSR count). The number of halogens is 4. The minimum Gasteiger partial charge on any atom is -0.466 e. The zero-order valence-electron chi connectivity index (χ0n) is 16.4. The summed E-state index contributed by atoms with van der Waals surface area (Å²) in [6.07, 6.45) is -2.16. The van der Waals surface area contributed by atoms with Crippen molar-refractivity contribution in [1.29, 1.82) is 0 Å². The molecule has 0 fully saturated rings. The Balaban J connectivity index is 2.05. The molecule has 0 radical (unpaired) electrons. The number of nitrogens with one attached hydrogen (secondary N) is 2. The van der Waals surface area contributed by atoms with Gasteiger partial charge in [0.15, 0.2) is 12.4 Å². The monoisotopic (exact) mass is 428 g/mol. The number of rotatable bonds is 7. The number of aromatic nitrogens is 2. The van der Waals surface area contributed by atoms with Crippen LogP contribution in [0.5, 0.6) is 5.88 Å². The third-order valence-corrected chi connectivity index (χ3v) is 3.85. The molecule has 0 saturated heterocycles. The van der Waals surface area contributed by atoms with Crippen LogP contribution in [0.15, 0.2) is 30.6 Å². The number of hydrogen-bond donors (Lipinski definition) is 2. The van der Waals surface area contributed by atoms with E-state index in [2.05, 4.69) is 25.3 Å². The molecule has 2 aromatic rings. The van der Waals surface area contributed by atoms with Crippen molar-refractivity contribution < 1.29 is 31.9 Å². The Morgan fingerprint density at radius 2 is 1.87 bits per heavy atom. The molecule has 162 valence electrons. The minimum atomic E-state index is -4.62. The van der Waals surface area contributed by atoms with Crippen molar-refractivity contribution in [2.75, 3.05) is 11.9 Å². The molecule has 0 aliphatic heterocycles. The Kier molecular flexibility index (Phi) is 7.30. The van der Waals surface area contributed by atoms with Gasteiger partial charge in [0.2, 0.25) is 5.91 Å². The van der Waals surface area contributed by atoms with Gasteiger partial charge in [-0.25, -0.2) is 14.4 Å². The molecule has 0 aliphatic carbocycles. The maximum atomic E-state index is 14.0. The van der Waals surface area contributed by atoms with E-state index in [1.807, 2.05) is 0 Å². The first kappa shape index (κ1) is 23.0. The Morgan fingerprint density at radius 1 is 1.17 bits per heavy atom. The lowest BCUT2D eigenvalue weighted by Gasteiger charge is -2.16. The first-order valence-corrected chi connectivity index (χ1v) is 8.89. The molecule has 0 aliphatic rings. The van der Waals surface area contributed by atoms with Gasteiger partial charge in [-0.2, -0.15) is 13.2 Å². The standard InChI is InChI=1S/C19H20F4N4O3/c1-10(2)16(28)27-15-7-12(4-5-24-15)17(29)26-11(3)13-6-14(20)18(25-8-13)30-9-19(21,22)23/h4-8,10-11H,9H2,1-3H3,(H,26,29)(H,24,27,28). The lowest BCUT2D eigenvalue weighted by Crippen LogP contribution is -2.27. The molecule has 2 amide bonds. The van der Waals surface area contributed by atoms with E-state index < -0.39 is 36.4 Å². The van der Waals surface area contributed by atoms with E-state index in [9.17, 15) is 27.2 Å². The summed E-state index contributed by atoms with van der Waals surface area (Å²) in [5, 5.41) is 5.19. The molecule has 2 aromatic heterocycles. The van der Waals surface area contributed by atoms with Crippen molar-refractivity contribution >= 4 is 17.6 Å². The first-order valence-electron chi connectivity index (χ1n) is 8.89. The predicted molar refractivity (Wildman–Crippen MR) is 99.3 cm³/mol. The molecule has 30 heavy (non-hydrogen) atoms. The van der Waals surface area contributed by atoms with Gasteiger partial charge in [0.25, 0.3) is 11.8 Å². The van der Waals surface area contributed by atoms with Gasteiger partial charge in [0, 0.05) is 23.9 Å². The highest BCUT2D eigenvalue weighted by molar-refractivity contribution is 5.97. The van der Waals surface area contributed by atoms with Crippen molar-refractivity contribution in [3.05, 3.63) is 47.5 Å². The lowest BCUT2D eigenvalue weighted by molar-refractivity contribution is -0.154. The van der Waals surface area contributed by atoms with Crippen LogP contribution in [-0.4, -0.2) is 34.6 Å². The average Bonchev–Trinajstić information content (AvgIpc) is 2.66. The van der Waals surface area contributed by atoms with Gasteiger partial charge >= 0.3 is 6.18 Å². The van der Waals surface area contributed by atoms with Crippen molar-refractivity contribution in [1.82, 2.24) is 15.3 Å². The highest BCUT2D eigenvalue weighted by Crippen LogP contribution is 2.22. The van der Waals surface area contributed by atoms with E-state index in [-0.39, 0.29) is 28.8 Å².